The van der Waals surface area contributed by atoms with E-state index < -0.39 is 6.10 Å². The van der Waals surface area contributed by atoms with Crippen LogP contribution in [-0.4, -0.2) is 37.2 Å². The molecule has 0 radical (unpaired) electrons. The van der Waals surface area contributed by atoms with Gasteiger partial charge in [0.15, 0.2) is 6.10 Å². The Bertz CT molecular complexity index is 1500. The number of allylic oxidation sites excluding steroid dienone is 14. The van der Waals surface area contributed by atoms with E-state index in [1.165, 1.54) is 205 Å². The zero-order valence-corrected chi connectivity index (χ0v) is 52.4. The first-order valence-corrected chi connectivity index (χ1v) is 34.1. The molecule has 0 aromatic heterocycles. The van der Waals surface area contributed by atoms with Crippen molar-refractivity contribution in [2.45, 2.75) is 348 Å². The molecular weight excluding hydrogens is 973 g/mol. The highest BCUT2D eigenvalue weighted by Gasteiger charge is 2.19. The van der Waals surface area contributed by atoms with Crippen molar-refractivity contribution in [1.29, 1.82) is 0 Å². The Balaban J connectivity index is 4.33. The molecule has 0 N–H and O–H groups in total. The maximum Gasteiger partial charge on any atom is 0.306 e. The Labute approximate surface area is 490 Å². The topological polar surface area (TPSA) is 78.9 Å². The van der Waals surface area contributed by atoms with Crippen LogP contribution in [0.3, 0.4) is 0 Å². The van der Waals surface area contributed by atoms with Gasteiger partial charge in [0.25, 0.3) is 0 Å². The minimum atomic E-state index is -0.806. The summed E-state index contributed by atoms with van der Waals surface area (Å²) in [6, 6.07) is 0. The number of unbranched alkanes of at least 4 members (excludes halogenated alkanes) is 37. The van der Waals surface area contributed by atoms with Crippen molar-refractivity contribution in [3.05, 3.63) is 85.1 Å². The summed E-state index contributed by atoms with van der Waals surface area (Å²) in [5.74, 6) is -0.939. The van der Waals surface area contributed by atoms with E-state index in [1.807, 2.05) is 0 Å². The second-order valence-corrected chi connectivity index (χ2v) is 22.7. The molecule has 0 rings (SSSR count). The van der Waals surface area contributed by atoms with E-state index in [0.29, 0.717) is 19.3 Å². The highest BCUT2D eigenvalue weighted by molar-refractivity contribution is 5.71. The fourth-order valence-electron chi connectivity index (χ4n) is 9.85. The van der Waals surface area contributed by atoms with Crippen LogP contribution >= 0.6 is 0 Å². The van der Waals surface area contributed by atoms with Gasteiger partial charge in [0, 0.05) is 19.3 Å². The number of ether oxygens (including phenoxy) is 3. The number of carbonyl (C=O) groups is 3. The van der Waals surface area contributed by atoms with Gasteiger partial charge in [-0.05, 0) is 70.6 Å². The first-order chi connectivity index (χ1) is 39.0. The lowest BCUT2D eigenvalue weighted by Gasteiger charge is -2.18. The monoisotopic (exact) mass is 1100 g/mol. The van der Waals surface area contributed by atoms with E-state index in [-0.39, 0.29) is 37.5 Å². The van der Waals surface area contributed by atoms with Crippen molar-refractivity contribution in [2.24, 2.45) is 0 Å². The fraction of sp³-hybridized carbons (Fsp3) is 0.767. The maximum atomic E-state index is 12.9. The standard InChI is InChI=1S/C73H128O6/c1-4-7-10-13-16-19-22-25-27-29-31-33-35-36-37-39-40-42-44-46-48-51-54-57-60-63-66-72(75)78-69-70(68-77-71(74)65-62-59-56-53-50-24-21-18-15-12-9-6-3)79-73(76)67-64-61-58-55-52-49-47-45-43-41-38-34-32-30-28-26-23-20-17-14-11-8-5-2/h8,11,17,20,26,28,32,34,41,43,47,49,55,58,70H,4-7,9-10,12-16,18-19,21-25,27,29-31,33,35-40,42,44-46,48,50-54,56-57,59-69H2,1-3H3/b11-8-,20-17-,28-26-,34-32-,43-41-,49-47-,58-55-. The van der Waals surface area contributed by atoms with Crippen LogP contribution in [0.4, 0.5) is 0 Å². The van der Waals surface area contributed by atoms with Gasteiger partial charge in [-0.3, -0.25) is 14.4 Å². The molecule has 1 unspecified atom stereocenters. The van der Waals surface area contributed by atoms with Crippen LogP contribution < -0.4 is 0 Å². The average molecular weight is 1100 g/mol. The summed E-state index contributed by atoms with van der Waals surface area (Å²) in [6.07, 6.45) is 89.0. The SMILES string of the molecule is CC/C=C\C/C=C\C/C=C\C/C=C\C/C=C\C/C=C\C/C=C\CCCC(=O)OC(COC(=O)CCCCCCCCCCCCCC)COC(=O)CCCCCCCCCCCCCCCCCCCCCCCCCCCC. The number of carbonyl (C=O) groups excluding carboxylic acids is 3. The number of rotatable bonds is 62. The van der Waals surface area contributed by atoms with Gasteiger partial charge in [0.1, 0.15) is 13.2 Å². The maximum absolute atomic E-state index is 12.9. The lowest BCUT2D eigenvalue weighted by molar-refractivity contribution is -0.167. The van der Waals surface area contributed by atoms with Gasteiger partial charge in [-0.25, -0.2) is 0 Å². The summed E-state index contributed by atoms with van der Waals surface area (Å²) < 4.78 is 16.9. The normalized spacial score (nSPS) is 12.6. The van der Waals surface area contributed by atoms with Crippen molar-refractivity contribution in [3.8, 4) is 0 Å². The Morgan fingerprint density at radius 3 is 0.759 bits per heavy atom. The lowest BCUT2D eigenvalue weighted by atomic mass is 10.0. The molecule has 0 fully saturated rings. The zero-order valence-electron chi connectivity index (χ0n) is 52.4. The molecule has 6 heteroatoms. The van der Waals surface area contributed by atoms with Gasteiger partial charge < -0.3 is 14.2 Å². The number of hydrogen-bond donors (Lipinski definition) is 0. The number of hydrogen-bond acceptors (Lipinski definition) is 6. The average Bonchev–Trinajstić information content (AvgIpc) is 3.45. The van der Waals surface area contributed by atoms with E-state index in [4.69, 9.17) is 14.2 Å². The van der Waals surface area contributed by atoms with Crippen LogP contribution in [-0.2, 0) is 28.6 Å². The van der Waals surface area contributed by atoms with Gasteiger partial charge in [0.05, 0.1) is 0 Å². The third kappa shape index (κ3) is 65.3. The largest absolute Gasteiger partial charge is 0.462 e. The summed E-state index contributed by atoms with van der Waals surface area (Å²) in [6.45, 7) is 6.52. The quantitative estimate of drug-likeness (QED) is 0.0261. The van der Waals surface area contributed by atoms with Gasteiger partial charge >= 0.3 is 17.9 Å². The van der Waals surface area contributed by atoms with Gasteiger partial charge in [-0.2, -0.15) is 0 Å². The molecule has 0 saturated heterocycles. The van der Waals surface area contributed by atoms with E-state index in [0.717, 1.165) is 89.9 Å². The molecule has 0 bridgehead atoms. The summed E-state index contributed by atoms with van der Waals surface area (Å²) in [7, 11) is 0. The Hall–Kier alpha value is -3.41. The molecule has 0 saturated carbocycles. The van der Waals surface area contributed by atoms with Gasteiger partial charge in [0.2, 0.25) is 0 Å². The third-order valence-electron chi connectivity index (χ3n) is 14.9. The highest BCUT2D eigenvalue weighted by Crippen LogP contribution is 2.18. The Kier molecular flexibility index (Phi) is 64.2. The molecule has 456 valence electrons. The zero-order chi connectivity index (χ0) is 57.1. The van der Waals surface area contributed by atoms with E-state index in [1.54, 1.807) is 0 Å². The molecule has 0 aromatic rings. The van der Waals surface area contributed by atoms with Crippen LogP contribution in [0, 0.1) is 0 Å². The minimum absolute atomic E-state index is 0.0954. The minimum Gasteiger partial charge on any atom is -0.462 e. The van der Waals surface area contributed by atoms with Gasteiger partial charge in [-0.15, -0.1) is 0 Å². The summed E-state index contributed by atoms with van der Waals surface area (Å²) in [5.41, 5.74) is 0. The van der Waals surface area contributed by atoms with Crippen molar-refractivity contribution in [2.75, 3.05) is 13.2 Å². The van der Waals surface area contributed by atoms with Crippen LogP contribution in [0.2, 0.25) is 0 Å². The molecular formula is C73H128O6. The lowest BCUT2D eigenvalue weighted by Crippen LogP contribution is -2.30. The van der Waals surface area contributed by atoms with Crippen molar-refractivity contribution in [1.82, 2.24) is 0 Å². The van der Waals surface area contributed by atoms with Crippen LogP contribution in [0.25, 0.3) is 0 Å². The van der Waals surface area contributed by atoms with Crippen molar-refractivity contribution >= 4 is 17.9 Å². The first kappa shape index (κ1) is 75.6. The number of esters is 3. The molecule has 0 aromatic carbocycles. The molecule has 0 heterocycles. The molecule has 1 atom stereocenters. The van der Waals surface area contributed by atoms with E-state index >= 15 is 0 Å². The Morgan fingerprint density at radius 2 is 0.494 bits per heavy atom. The molecule has 0 aliphatic heterocycles. The van der Waals surface area contributed by atoms with E-state index in [2.05, 4.69) is 106 Å². The summed E-state index contributed by atoms with van der Waals surface area (Å²) in [4.78, 5) is 38.3. The van der Waals surface area contributed by atoms with Crippen molar-refractivity contribution in [3.63, 3.8) is 0 Å². The predicted molar refractivity (Wildman–Crippen MR) is 344 cm³/mol. The third-order valence-corrected chi connectivity index (χ3v) is 14.9. The predicted octanol–water partition coefficient (Wildman–Crippen LogP) is 23.4. The van der Waals surface area contributed by atoms with Crippen LogP contribution in [0.15, 0.2) is 85.1 Å². The van der Waals surface area contributed by atoms with Crippen LogP contribution in [0.5, 0.6) is 0 Å². The second kappa shape index (κ2) is 67.1. The highest BCUT2D eigenvalue weighted by atomic mass is 16.6. The van der Waals surface area contributed by atoms with Gasteiger partial charge in [-0.1, -0.05) is 337 Å². The first-order valence-electron chi connectivity index (χ1n) is 34.1. The van der Waals surface area contributed by atoms with E-state index in [9.17, 15) is 14.4 Å². The summed E-state index contributed by atoms with van der Waals surface area (Å²) in [5, 5.41) is 0. The fourth-order valence-corrected chi connectivity index (χ4v) is 9.85. The smallest absolute Gasteiger partial charge is 0.306 e. The molecule has 0 aliphatic rings. The second-order valence-electron chi connectivity index (χ2n) is 22.7. The molecule has 0 amide bonds. The summed E-state index contributed by atoms with van der Waals surface area (Å²) >= 11 is 0. The van der Waals surface area contributed by atoms with Crippen molar-refractivity contribution < 1.29 is 28.6 Å². The van der Waals surface area contributed by atoms with Crippen LogP contribution in [0.1, 0.15) is 342 Å². The molecule has 0 aliphatic carbocycles. The molecule has 6 nitrogen and oxygen atoms in total. The molecule has 79 heavy (non-hydrogen) atoms. The Morgan fingerprint density at radius 1 is 0.266 bits per heavy atom. The molecule has 0 spiro atoms.